The Labute approximate surface area is 127 Å². The number of hydrogen-bond donors (Lipinski definition) is 0. The molecule has 2 aliphatic carbocycles. The van der Waals surface area contributed by atoms with E-state index in [1.165, 1.54) is 12.1 Å². The quantitative estimate of drug-likeness (QED) is 0.616. The monoisotopic (exact) mass is 310 g/mol. The highest BCUT2D eigenvalue weighted by atomic mass is 16.5. The lowest BCUT2D eigenvalue weighted by Crippen LogP contribution is -2.30. The van der Waals surface area contributed by atoms with Crippen molar-refractivity contribution >= 4 is 16.7 Å². The zero-order valence-electron chi connectivity index (χ0n) is 12.0. The maximum atomic E-state index is 12.5. The van der Waals surface area contributed by atoms with Crippen LogP contribution in [0.25, 0.3) is 10.8 Å². The minimum Gasteiger partial charge on any atom is -0.461 e. The summed E-state index contributed by atoms with van der Waals surface area (Å²) in [5.74, 6) is -0.623. The number of esters is 1. The van der Waals surface area contributed by atoms with Gasteiger partial charge in [-0.3, -0.25) is 24.0 Å². The van der Waals surface area contributed by atoms with Crippen molar-refractivity contribution in [2.75, 3.05) is 0 Å². The third kappa shape index (κ3) is 2.24. The van der Waals surface area contributed by atoms with Crippen LogP contribution in [0.1, 0.15) is 12.5 Å². The number of carbonyl (C=O) groups excluding carboxylic acids is 1. The van der Waals surface area contributed by atoms with E-state index in [1.807, 2.05) is 0 Å². The van der Waals surface area contributed by atoms with Crippen LogP contribution in [0.4, 0.5) is 0 Å². The van der Waals surface area contributed by atoms with E-state index in [4.69, 9.17) is 4.74 Å². The van der Waals surface area contributed by atoms with Gasteiger partial charge in [-0.1, -0.05) is 24.3 Å². The Bertz CT molecular complexity index is 1220. The lowest BCUT2D eigenvalue weighted by Gasteiger charge is -2.02. The summed E-state index contributed by atoms with van der Waals surface area (Å²) < 4.78 is 4.71. The summed E-state index contributed by atoms with van der Waals surface area (Å²) in [7, 11) is 0. The highest BCUT2D eigenvalue weighted by molar-refractivity contribution is 5.82. The summed E-state index contributed by atoms with van der Waals surface area (Å²) in [4.78, 5) is 60.4. The second-order valence-electron chi connectivity index (χ2n) is 5.10. The van der Waals surface area contributed by atoms with E-state index >= 15 is 0 Å². The summed E-state index contributed by atoms with van der Waals surface area (Å²) in [5, 5.41) is -0.658. The molecule has 0 amide bonds. The molecule has 0 bridgehead atoms. The average molecular weight is 310 g/mol. The van der Waals surface area contributed by atoms with Crippen LogP contribution in [0.5, 0.6) is 0 Å². The first-order valence-corrected chi connectivity index (χ1v) is 6.77. The molecule has 0 atom stereocenters. The zero-order valence-corrected chi connectivity index (χ0v) is 12.0. The van der Waals surface area contributed by atoms with E-state index in [0.717, 1.165) is 13.0 Å². The van der Waals surface area contributed by atoms with Crippen LogP contribution in [-0.2, 0) is 16.1 Å². The average Bonchev–Trinajstić information content (AvgIpc) is 2.52. The normalized spacial score (nSPS) is 11.0. The SMILES string of the molecule is CC(=O)OCc1cc(=O)c2c(=O)c3ccccc3c(=O)c=2c1=O. The van der Waals surface area contributed by atoms with Gasteiger partial charge in [0.25, 0.3) is 0 Å². The molecule has 1 aromatic rings. The predicted octanol–water partition coefficient (Wildman–Crippen LogP) is -0.0559. The van der Waals surface area contributed by atoms with Crippen LogP contribution in [-0.4, -0.2) is 5.97 Å². The van der Waals surface area contributed by atoms with Crippen LogP contribution in [0.3, 0.4) is 0 Å². The van der Waals surface area contributed by atoms with Crippen molar-refractivity contribution in [3.63, 3.8) is 0 Å². The Balaban J connectivity index is 2.56. The maximum Gasteiger partial charge on any atom is 0.302 e. The Morgan fingerprint density at radius 3 is 2.04 bits per heavy atom. The largest absolute Gasteiger partial charge is 0.461 e. The van der Waals surface area contributed by atoms with Crippen molar-refractivity contribution < 1.29 is 9.53 Å². The predicted molar refractivity (Wildman–Crippen MR) is 82.2 cm³/mol. The maximum absolute atomic E-state index is 12.5. The molecular weight excluding hydrogens is 300 g/mol. The highest BCUT2D eigenvalue weighted by Gasteiger charge is 2.15. The van der Waals surface area contributed by atoms with Gasteiger partial charge in [-0.25, -0.2) is 0 Å². The van der Waals surface area contributed by atoms with Gasteiger partial charge >= 0.3 is 5.97 Å². The molecule has 114 valence electrons. The second kappa shape index (κ2) is 5.24. The van der Waals surface area contributed by atoms with Crippen molar-refractivity contribution in [3.8, 4) is 0 Å². The van der Waals surface area contributed by atoms with Crippen LogP contribution in [0.15, 0.2) is 49.5 Å². The Hall–Kier alpha value is -3.15. The highest BCUT2D eigenvalue weighted by Crippen LogP contribution is 2.04. The van der Waals surface area contributed by atoms with Gasteiger partial charge in [0.05, 0.1) is 10.4 Å². The summed E-state index contributed by atoms with van der Waals surface area (Å²) >= 11 is 0. The number of rotatable bonds is 2. The molecule has 2 aliphatic rings. The standard InChI is InChI=1S/C17H10O6/c1-8(18)23-7-9-6-12(19)13-14(15(9)20)17(22)11-5-3-2-4-10(11)16(13)21/h2-6H,7H2,1H3. The van der Waals surface area contributed by atoms with Gasteiger partial charge in [0.15, 0.2) is 21.7 Å². The third-order valence-corrected chi connectivity index (χ3v) is 3.62. The van der Waals surface area contributed by atoms with Gasteiger partial charge in [-0.2, -0.15) is 0 Å². The van der Waals surface area contributed by atoms with Crippen molar-refractivity contribution in [2.45, 2.75) is 13.5 Å². The zero-order chi connectivity index (χ0) is 16.7. The van der Waals surface area contributed by atoms with Crippen molar-refractivity contribution in [1.29, 1.82) is 0 Å². The Kier molecular flexibility index (Phi) is 3.37. The van der Waals surface area contributed by atoms with Crippen molar-refractivity contribution in [3.05, 3.63) is 87.2 Å². The molecule has 3 rings (SSSR count). The molecule has 0 N–H and O–H groups in total. The van der Waals surface area contributed by atoms with Gasteiger partial charge in [-0.05, 0) is 6.07 Å². The molecule has 0 saturated heterocycles. The van der Waals surface area contributed by atoms with Crippen molar-refractivity contribution in [1.82, 2.24) is 0 Å². The minimum atomic E-state index is -0.756. The molecular formula is C17H10O6. The molecule has 1 aromatic carbocycles. The number of ether oxygens (including phenoxy) is 1. The topological polar surface area (TPSA) is 94.6 Å². The molecule has 0 saturated carbocycles. The first-order valence-electron chi connectivity index (χ1n) is 6.77. The van der Waals surface area contributed by atoms with Gasteiger partial charge in [0.1, 0.15) is 6.61 Å². The van der Waals surface area contributed by atoms with Gasteiger partial charge < -0.3 is 4.74 Å². The molecule has 0 aromatic heterocycles. The molecule has 23 heavy (non-hydrogen) atoms. The number of benzene rings is 1. The van der Waals surface area contributed by atoms with Crippen LogP contribution in [0.2, 0.25) is 0 Å². The van der Waals surface area contributed by atoms with Gasteiger partial charge in [0, 0.05) is 23.3 Å². The molecule has 6 heteroatoms. The molecule has 0 aliphatic heterocycles. The van der Waals surface area contributed by atoms with E-state index in [9.17, 15) is 24.0 Å². The van der Waals surface area contributed by atoms with E-state index in [0.29, 0.717) is 0 Å². The molecule has 0 heterocycles. The van der Waals surface area contributed by atoms with E-state index < -0.39 is 44.7 Å². The van der Waals surface area contributed by atoms with E-state index in [2.05, 4.69) is 0 Å². The lowest BCUT2D eigenvalue weighted by atomic mass is 10.0. The number of carbonyl (C=O) groups is 1. The Morgan fingerprint density at radius 2 is 1.48 bits per heavy atom. The molecule has 0 fully saturated rings. The summed E-state index contributed by atoms with van der Waals surface area (Å²) in [6, 6.07) is 6.96. The fourth-order valence-electron chi connectivity index (χ4n) is 2.57. The fourth-order valence-corrected chi connectivity index (χ4v) is 2.57. The molecule has 6 nitrogen and oxygen atoms in total. The smallest absolute Gasteiger partial charge is 0.302 e. The molecule has 0 unspecified atom stereocenters. The van der Waals surface area contributed by atoms with Crippen LogP contribution < -0.4 is 21.7 Å². The number of fused-ring (bicyclic) bond motifs is 1. The van der Waals surface area contributed by atoms with Gasteiger partial charge in [-0.15, -0.1) is 0 Å². The van der Waals surface area contributed by atoms with E-state index in [-0.39, 0.29) is 16.3 Å². The van der Waals surface area contributed by atoms with Crippen LogP contribution in [0, 0.1) is 10.4 Å². The lowest BCUT2D eigenvalue weighted by molar-refractivity contribution is -0.142. The minimum absolute atomic E-state index is 0.0890. The summed E-state index contributed by atoms with van der Waals surface area (Å²) in [6.45, 7) is 0.742. The first-order chi connectivity index (χ1) is 10.9. The first kappa shape index (κ1) is 14.8. The molecule has 0 spiro atoms. The summed E-state index contributed by atoms with van der Waals surface area (Å²) in [5.41, 5.74) is -2.91. The molecule has 0 radical (unpaired) electrons. The Morgan fingerprint density at radius 1 is 0.913 bits per heavy atom. The fraction of sp³-hybridized carbons (Fsp3) is 0.118. The summed E-state index contributed by atoms with van der Waals surface area (Å²) in [6.07, 6.45) is 0. The van der Waals surface area contributed by atoms with E-state index in [1.54, 1.807) is 12.1 Å². The number of hydrogen-bond acceptors (Lipinski definition) is 6. The van der Waals surface area contributed by atoms with Crippen molar-refractivity contribution in [2.24, 2.45) is 0 Å². The third-order valence-electron chi connectivity index (χ3n) is 3.62. The van der Waals surface area contributed by atoms with Gasteiger partial charge in [0.2, 0.25) is 0 Å². The second-order valence-corrected chi connectivity index (χ2v) is 5.10. The van der Waals surface area contributed by atoms with Crippen LogP contribution >= 0.6 is 0 Å².